The van der Waals surface area contributed by atoms with E-state index in [-0.39, 0.29) is 18.4 Å². The SMILES string of the molecule is Cc1ccc(N(CC(=O)NC[C@@H](C)c2ccccc2)S(C)(=O)=O)cc1C. The van der Waals surface area contributed by atoms with Crippen LogP contribution in [0.3, 0.4) is 0 Å². The highest BCUT2D eigenvalue weighted by atomic mass is 32.2. The highest BCUT2D eigenvalue weighted by Crippen LogP contribution is 2.21. The lowest BCUT2D eigenvalue weighted by atomic mass is 10.0. The summed E-state index contributed by atoms with van der Waals surface area (Å²) in [5.41, 5.74) is 3.68. The molecule has 0 heterocycles. The Bertz CT molecular complexity index is 864. The average Bonchev–Trinajstić information content (AvgIpc) is 2.60. The van der Waals surface area contributed by atoms with Crippen LogP contribution in [0.2, 0.25) is 0 Å². The van der Waals surface area contributed by atoms with Crippen LogP contribution in [-0.2, 0) is 14.8 Å². The molecule has 0 unspecified atom stereocenters. The maximum atomic E-state index is 12.3. The Kier molecular flexibility index (Phi) is 6.42. The summed E-state index contributed by atoms with van der Waals surface area (Å²) in [6.45, 7) is 6.12. The highest BCUT2D eigenvalue weighted by molar-refractivity contribution is 7.92. The summed E-state index contributed by atoms with van der Waals surface area (Å²) in [5.74, 6) is -0.176. The second-order valence-corrected chi connectivity index (χ2v) is 8.56. The molecule has 0 radical (unpaired) electrons. The smallest absolute Gasteiger partial charge is 0.240 e. The maximum absolute atomic E-state index is 12.3. The summed E-state index contributed by atoms with van der Waals surface area (Å²) in [4.78, 5) is 12.3. The third kappa shape index (κ3) is 5.33. The fraction of sp³-hybridized carbons (Fsp3) is 0.350. The molecule has 2 aromatic carbocycles. The van der Waals surface area contributed by atoms with Gasteiger partial charge in [0.05, 0.1) is 11.9 Å². The topological polar surface area (TPSA) is 66.5 Å². The lowest BCUT2D eigenvalue weighted by Crippen LogP contribution is -2.41. The van der Waals surface area contributed by atoms with Gasteiger partial charge in [-0.05, 0) is 48.6 Å². The number of carbonyl (C=O) groups is 1. The van der Waals surface area contributed by atoms with Crippen molar-refractivity contribution in [3.63, 3.8) is 0 Å². The Morgan fingerprint density at radius 2 is 1.73 bits per heavy atom. The molecule has 0 fully saturated rings. The maximum Gasteiger partial charge on any atom is 0.240 e. The van der Waals surface area contributed by atoms with E-state index >= 15 is 0 Å². The van der Waals surface area contributed by atoms with Crippen molar-refractivity contribution in [2.24, 2.45) is 0 Å². The standard InChI is InChI=1S/C20H26N2O3S/c1-15-10-11-19(12-16(15)2)22(26(4,24)25)14-20(23)21-13-17(3)18-8-6-5-7-9-18/h5-12,17H,13-14H2,1-4H3,(H,21,23)/t17-/m1/s1. The molecule has 1 N–H and O–H groups in total. The van der Waals surface area contributed by atoms with Crippen LogP contribution in [0.25, 0.3) is 0 Å². The van der Waals surface area contributed by atoms with Crippen molar-refractivity contribution in [1.29, 1.82) is 0 Å². The molecule has 0 aliphatic carbocycles. The van der Waals surface area contributed by atoms with Crippen LogP contribution in [0, 0.1) is 13.8 Å². The van der Waals surface area contributed by atoms with Crippen molar-refractivity contribution in [3.05, 3.63) is 65.2 Å². The molecule has 26 heavy (non-hydrogen) atoms. The number of rotatable bonds is 7. The number of nitrogens with one attached hydrogen (secondary N) is 1. The van der Waals surface area contributed by atoms with Gasteiger partial charge in [-0.1, -0.05) is 43.3 Å². The molecule has 0 aromatic heterocycles. The molecular weight excluding hydrogens is 348 g/mol. The lowest BCUT2D eigenvalue weighted by molar-refractivity contribution is -0.119. The molecule has 2 rings (SSSR count). The summed E-state index contributed by atoms with van der Waals surface area (Å²) in [5, 5.41) is 2.83. The first-order valence-corrected chi connectivity index (χ1v) is 10.4. The van der Waals surface area contributed by atoms with Crippen LogP contribution in [0.1, 0.15) is 29.5 Å². The van der Waals surface area contributed by atoms with Crippen LogP contribution in [0.15, 0.2) is 48.5 Å². The van der Waals surface area contributed by atoms with Crippen molar-refractivity contribution in [2.45, 2.75) is 26.7 Å². The van der Waals surface area contributed by atoms with Gasteiger partial charge in [0.2, 0.25) is 15.9 Å². The number of sulfonamides is 1. The molecule has 1 atom stereocenters. The zero-order valence-electron chi connectivity index (χ0n) is 15.7. The predicted octanol–water partition coefficient (Wildman–Crippen LogP) is 2.99. The van der Waals surface area contributed by atoms with E-state index < -0.39 is 10.0 Å². The minimum atomic E-state index is -3.56. The minimum Gasteiger partial charge on any atom is -0.354 e. The fourth-order valence-electron chi connectivity index (χ4n) is 2.63. The largest absolute Gasteiger partial charge is 0.354 e. The van der Waals surface area contributed by atoms with Gasteiger partial charge in [-0.3, -0.25) is 9.10 Å². The number of carbonyl (C=O) groups excluding carboxylic acids is 1. The van der Waals surface area contributed by atoms with E-state index in [1.54, 1.807) is 12.1 Å². The van der Waals surface area contributed by atoms with E-state index in [4.69, 9.17) is 0 Å². The molecule has 0 aliphatic rings. The molecule has 0 spiro atoms. The fourth-order valence-corrected chi connectivity index (χ4v) is 3.48. The molecule has 1 amide bonds. The molecule has 0 bridgehead atoms. The third-order valence-corrected chi connectivity index (χ3v) is 5.58. The molecule has 6 heteroatoms. The van der Waals surface area contributed by atoms with E-state index in [2.05, 4.69) is 5.32 Å². The number of amides is 1. The summed E-state index contributed by atoms with van der Waals surface area (Å²) >= 11 is 0. The Hall–Kier alpha value is -2.34. The Labute approximate surface area is 156 Å². The highest BCUT2D eigenvalue weighted by Gasteiger charge is 2.21. The van der Waals surface area contributed by atoms with Crippen molar-refractivity contribution in [1.82, 2.24) is 5.32 Å². The van der Waals surface area contributed by atoms with Gasteiger partial charge in [-0.15, -0.1) is 0 Å². The molecule has 0 aliphatic heterocycles. The number of anilines is 1. The van der Waals surface area contributed by atoms with Gasteiger partial charge >= 0.3 is 0 Å². The van der Waals surface area contributed by atoms with Crippen molar-refractivity contribution < 1.29 is 13.2 Å². The monoisotopic (exact) mass is 374 g/mol. The van der Waals surface area contributed by atoms with Gasteiger partial charge < -0.3 is 5.32 Å². The Morgan fingerprint density at radius 1 is 1.08 bits per heavy atom. The van der Waals surface area contributed by atoms with Gasteiger partial charge in [-0.25, -0.2) is 8.42 Å². The van der Waals surface area contributed by atoms with Crippen LogP contribution in [0.4, 0.5) is 5.69 Å². The van der Waals surface area contributed by atoms with Gasteiger partial charge in [0.25, 0.3) is 0 Å². The summed E-state index contributed by atoms with van der Waals surface area (Å²) < 4.78 is 25.5. The number of hydrogen-bond acceptors (Lipinski definition) is 3. The zero-order chi connectivity index (χ0) is 19.3. The van der Waals surface area contributed by atoms with Gasteiger partial charge in [-0.2, -0.15) is 0 Å². The van der Waals surface area contributed by atoms with E-state index in [1.807, 2.05) is 57.2 Å². The molecule has 2 aromatic rings. The molecule has 140 valence electrons. The normalized spacial score (nSPS) is 12.5. The summed E-state index contributed by atoms with van der Waals surface area (Å²) in [6.07, 6.45) is 1.11. The quantitative estimate of drug-likeness (QED) is 0.810. The first kappa shape index (κ1) is 20.0. The zero-order valence-corrected chi connectivity index (χ0v) is 16.5. The Morgan fingerprint density at radius 3 is 2.31 bits per heavy atom. The second-order valence-electron chi connectivity index (χ2n) is 6.65. The Balaban J connectivity index is 2.06. The summed E-state index contributed by atoms with van der Waals surface area (Å²) in [7, 11) is -3.56. The van der Waals surface area contributed by atoms with E-state index in [0.29, 0.717) is 12.2 Å². The number of hydrogen-bond donors (Lipinski definition) is 1. The number of aryl methyl sites for hydroxylation is 2. The molecule has 5 nitrogen and oxygen atoms in total. The van der Waals surface area contributed by atoms with Crippen LogP contribution in [0.5, 0.6) is 0 Å². The molecular formula is C20H26N2O3S. The van der Waals surface area contributed by atoms with Gasteiger partial charge in [0, 0.05) is 6.54 Å². The van der Waals surface area contributed by atoms with Crippen molar-refractivity contribution in [2.75, 3.05) is 23.7 Å². The third-order valence-electron chi connectivity index (χ3n) is 4.44. The van der Waals surface area contributed by atoms with E-state index in [9.17, 15) is 13.2 Å². The number of nitrogens with zero attached hydrogens (tertiary/aromatic N) is 1. The van der Waals surface area contributed by atoms with Crippen LogP contribution >= 0.6 is 0 Å². The summed E-state index contributed by atoms with van der Waals surface area (Å²) in [6, 6.07) is 15.3. The molecule has 0 saturated carbocycles. The second kappa shape index (κ2) is 8.36. The van der Waals surface area contributed by atoms with Gasteiger partial charge in [0.15, 0.2) is 0 Å². The van der Waals surface area contributed by atoms with Crippen LogP contribution in [-0.4, -0.2) is 33.7 Å². The van der Waals surface area contributed by atoms with Crippen molar-refractivity contribution >= 4 is 21.6 Å². The van der Waals surface area contributed by atoms with E-state index in [1.165, 1.54) is 0 Å². The first-order valence-electron chi connectivity index (χ1n) is 8.55. The average molecular weight is 375 g/mol. The van der Waals surface area contributed by atoms with Crippen molar-refractivity contribution in [3.8, 4) is 0 Å². The van der Waals surface area contributed by atoms with Crippen LogP contribution < -0.4 is 9.62 Å². The predicted molar refractivity (Wildman–Crippen MR) is 106 cm³/mol. The number of benzene rings is 2. The first-order chi connectivity index (χ1) is 12.2. The van der Waals surface area contributed by atoms with Gasteiger partial charge in [0.1, 0.15) is 6.54 Å². The lowest BCUT2D eigenvalue weighted by Gasteiger charge is -2.23. The minimum absolute atomic E-state index is 0.147. The van der Waals surface area contributed by atoms with E-state index in [0.717, 1.165) is 27.3 Å². The molecule has 0 saturated heterocycles.